The highest BCUT2D eigenvalue weighted by molar-refractivity contribution is 7.92. The van der Waals surface area contributed by atoms with Crippen LogP contribution in [-0.2, 0) is 14.6 Å². The molecule has 2 N–H and O–H groups in total. The molecule has 6 heteroatoms. The fourth-order valence-electron chi connectivity index (χ4n) is 3.73. The minimum atomic E-state index is -3.72. The van der Waals surface area contributed by atoms with E-state index >= 15 is 0 Å². The van der Waals surface area contributed by atoms with E-state index < -0.39 is 33.1 Å². The number of hydrogen-bond donors (Lipinski definition) is 2. The Kier molecular flexibility index (Phi) is 4.45. The van der Waals surface area contributed by atoms with Crippen LogP contribution < -0.4 is 5.32 Å². The summed E-state index contributed by atoms with van der Waals surface area (Å²) in [5.74, 6) is -1.04. The predicted molar refractivity (Wildman–Crippen MR) is 103 cm³/mol. The number of fused-ring (bicyclic) bond motifs is 1. The predicted octanol–water partition coefficient (Wildman–Crippen LogP) is 3.17. The van der Waals surface area contributed by atoms with Crippen LogP contribution in [0.25, 0.3) is 10.8 Å². The Morgan fingerprint density at radius 3 is 2.30 bits per heavy atom. The number of carbonyl (C=O) groups is 1. The Bertz CT molecular complexity index is 1100. The molecule has 3 aromatic carbocycles. The molecule has 3 aromatic rings. The van der Waals surface area contributed by atoms with E-state index in [0.717, 1.165) is 16.3 Å². The van der Waals surface area contributed by atoms with E-state index in [0.29, 0.717) is 0 Å². The first-order valence-electron chi connectivity index (χ1n) is 8.73. The van der Waals surface area contributed by atoms with Gasteiger partial charge in [0.25, 0.3) is 0 Å². The number of carboxylic acid groups (broad SMARTS) is 1. The molecule has 1 saturated heterocycles. The van der Waals surface area contributed by atoms with Gasteiger partial charge in [-0.3, -0.25) is 10.1 Å². The lowest BCUT2D eigenvalue weighted by Gasteiger charge is -2.20. The van der Waals surface area contributed by atoms with Gasteiger partial charge in [-0.15, -0.1) is 0 Å². The largest absolute Gasteiger partial charge is 0.480 e. The molecule has 0 radical (unpaired) electrons. The molecular weight excluding hydrogens is 362 g/mol. The lowest BCUT2D eigenvalue weighted by molar-refractivity contribution is -0.139. The molecule has 0 bridgehead atoms. The van der Waals surface area contributed by atoms with Crippen LogP contribution in [0.4, 0.5) is 0 Å². The van der Waals surface area contributed by atoms with E-state index in [1.165, 1.54) is 0 Å². The van der Waals surface area contributed by atoms with Crippen LogP contribution in [-0.4, -0.2) is 30.8 Å². The van der Waals surface area contributed by atoms with Crippen molar-refractivity contribution in [1.29, 1.82) is 0 Å². The zero-order valence-electron chi connectivity index (χ0n) is 14.4. The normalized spacial score (nSPS) is 22.7. The van der Waals surface area contributed by atoms with Crippen molar-refractivity contribution in [2.24, 2.45) is 0 Å². The minimum absolute atomic E-state index is 0.0318. The Labute approximate surface area is 157 Å². The molecule has 5 nitrogen and oxygen atoms in total. The van der Waals surface area contributed by atoms with Crippen LogP contribution in [0.1, 0.15) is 18.0 Å². The fourth-order valence-corrected chi connectivity index (χ4v) is 5.67. The van der Waals surface area contributed by atoms with Crippen LogP contribution in [0, 0.1) is 0 Å². The summed E-state index contributed by atoms with van der Waals surface area (Å²) in [7, 11) is -3.72. The molecule has 4 rings (SSSR count). The monoisotopic (exact) mass is 381 g/mol. The third-order valence-electron chi connectivity index (χ3n) is 5.13. The van der Waals surface area contributed by atoms with Gasteiger partial charge in [0, 0.05) is 0 Å². The van der Waals surface area contributed by atoms with Crippen molar-refractivity contribution in [3.63, 3.8) is 0 Å². The maximum Gasteiger partial charge on any atom is 0.320 e. The zero-order chi connectivity index (χ0) is 19.0. The van der Waals surface area contributed by atoms with E-state index in [1.54, 1.807) is 18.2 Å². The molecule has 0 aromatic heterocycles. The average molecular weight is 381 g/mol. The molecule has 3 atom stereocenters. The summed E-state index contributed by atoms with van der Waals surface area (Å²) in [5, 5.41) is 13.4. The van der Waals surface area contributed by atoms with Crippen LogP contribution in [0.3, 0.4) is 0 Å². The third-order valence-corrected chi connectivity index (χ3v) is 7.30. The molecule has 1 aliphatic rings. The SMILES string of the molecule is O=C(O)[C@H]1C[C@H](S(=O)(=O)c2ccc3ccccc3c2)[C@@H](c2ccccc2)N1. The highest BCUT2D eigenvalue weighted by atomic mass is 32.2. The van der Waals surface area contributed by atoms with Crippen molar-refractivity contribution in [2.45, 2.75) is 28.6 Å². The summed E-state index contributed by atoms with van der Waals surface area (Å²) in [6.45, 7) is 0. The van der Waals surface area contributed by atoms with Crippen molar-refractivity contribution in [1.82, 2.24) is 5.32 Å². The van der Waals surface area contributed by atoms with E-state index in [1.807, 2.05) is 54.6 Å². The van der Waals surface area contributed by atoms with E-state index in [2.05, 4.69) is 5.32 Å². The molecule has 0 unspecified atom stereocenters. The second-order valence-electron chi connectivity index (χ2n) is 6.77. The van der Waals surface area contributed by atoms with Crippen LogP contribution in [0.5, 0.6) is 0 Å². The minimum Gasteiger partial charge on any atom is -0.480 e. The van der Waals surface area contributed by atoms with Gasteiger partial charge in [0.05, 0.1) is 16.2 Å². The summed E-state index contributed by atoms with van der Waals surface area (Å²) in [6, 6.07) is 20.3. The number of rotatable bonds is 4. The van der Waals surface area contributed by atoms with E-state index in [-0.39, 0.29) is 11.3 Å². The smallest absolute Gasteiger partial charge is 0.320 e. The first kappa shape index (κ1) is 17.7. The molecule has 1 aliphatic heterocycles. The fraction of sp³-hybridized carbons (Fsp3) is 0.190. The molecule has 1 heterocycles. The van der Waals surface area contributed by atoms with Gasteiger partial charge in [-0.05, 0) is 34.9 Å². The maximum absolute atomic E-state index is 13.4. The summed E-state index contributed by atoms with van der Waals surface area (Å²) >= 11 is 0. The first-order chi connectivity index (χ1) is 13.0. The Balaban J connectivity index is 1.78. The first-order valence-corrected chi connectivity index (χ1v) is 10.3. The van der Waals surface area contributed by atoms with Crippen LogP contribution >= 0.6 is 0 Å². The molecular formula is C21H19NO4S. The number of sulfone groups is 1. The zero-order valence-corrected chi connectivity index (χ0v) is 15.3. The lowest BCUT2D eigenvalue weighted by atomic mass is 10.1. The topological polar surface area (TPSA) is 83.5 Å². The molecule has 0 saturated carbocycles. The number of nitrogens with one attached hydrogen (secondary N) is 1. The summed E-state index contributed by atoms with van der Waals surface area (Å²) < 4.78 is 26.8. The second-order valence-corrected chi connectivity index (χ2v) is 8.94. The molecule has 138 valence electrons. The van der Waals surface area contributed by atoms with Gasteiger partial charge in [0.15, 0.2) is 9.84 Å². The molecule has 1 fully saturated rings. The van der Waals surface area contributed by atoms with E-state index in [9.17, 15) is 18.3 Å². The number of hydrogen-bond acceptors (Lipinski definition) is 4. The number of carboxylic acids is 1. The highest BCUT2D eigenvalue weighted by Crippen LogP contribution is 2.36. The van der Waals surface area contributed by atoms with E-state index in [4.69, 9.17) is 0 Å². The van der Waals surface area contributed by atoms with Gasteiger partial charge < -0.3 is 5.11 Å². The van der Waals surface area contributed by atoms with Crippen molar-refractivity contribution in [3.05, 3.63) is 78.4 Å². The molecule has 0 aliphatic carbocycles. The van der Waals surface area contributed by atoms with Crippen molar-refractivity contribution >= 4 is 26.6 Å². The van der Waals surface area contributed by atoms with Crippen molar-refractivity contribution in [3.8, 4) is 0 Å². The van der Waals surface area contributed by atoms with Gasteiger partial charge in [0.2, 0.25) is 0 Å². The molecule has 27 heavy (non-hydrogen) atoms. The van der Waals surface area contributed by atoms with Gasteiger partial charge in [-0.25, -0.2) is 8.42 Å². The standard InChI is InChI=1S/C21H19NO4S/c23-21(24)18-13-19(20(22-18)15-7-2-1-3-8-15)27(25,26)17-11-10-14-6-4-5-9-16(14)12-17/h1-12,18-20,22H,13H2,(H,23,24)/t18-,19+,20-/m1/s1. The average Bonchev–Trinajstić information content (AvgIpc) is 3.15. The second kappa shape index (κ2) is 6.79. The van der Waals surface area contributed by atoms with Crippen molar-refractivity contribution < 1.29 is 18.3 Å². The Morgan fingerprint density at radius 1 is 0.926 bits per heavy atom. The quantitative estimate of drug-likeness (QED) is 0.725. The highest BCUT2D eigenvalue weighted by Gasteiger charge is 2.45. The Hall–Kier alpha value is -2.70. The maximum atomic E-state index is 13.4. The molecule has 0 spiro atoms. The lowest BCUT2D eigenvalue weighted by Crippen LogP contribution is -2.32. The summed E-state index contributed by atoms with van der Waals surface area (Å²) in [5.41, 5.74) is 0.774. The number of aliphatic carboxylic acids is 1. The van der Waals surface area contributed by atoms with Crippen LogP contribution in [0.2, 0.25) is 0 Å². The van der Waals surface area contributed by atoms with Crippen molar-refractivity contribution in [2.75, 3.05) is 0 Å². The third kappa shape index (κ3) is 3.22. The van der Waals surface area contributed by atoms with Gasteiger partial charge >= 0.3 is 5.97 Å². The van der Waals surface area contributed by atoms with Gasteiger partial charge in [-0.1, -0.05) is 60.7 Å². The summed E-state index contributed by atoms with van der Waals surface area (Å²) in [6.07, 6.45) is 0.0318. The molecule has 0 amide bonds. The number of benzene rings is 3. The van der Waals surface area contributed by atoms with Gasteiger partial charge in [-0.2, -0.15) is 0 Å². The van der Waals surface area contributed by atoms with Crippen LogP contribution in [0.15, 0.2) is 77.7 Å². The Morgan fingerprint density at radius 2 is 1.59 bits per heavy atom. The van der Waals surface area contributed by atoms with Gasteiger partial charge in [0.1, 0.15) is 6.04 Å². The summed E-state index contributed by atoms with van der Waals surface area (Å²) in [4.78, 5) is 11.7.